The normalized spacial score (nSPS) is 28.2. The minimum Gasteiger partial charge on any atom is -0.391 e. The van der Waals surface area contributed by atoms with Crippen LogP contribution in [0.2, 0.25) is 5.02 Å². The molecular weight excluding hydrogens is 274 g/mol. The molecule has 2 heterocycles. The van der Waals surface area contributed by atoms with E-state index in [2.05, 4.69) is 16.9 Å². The van der Waals surface area contributed by atoms with E-state index in [0.717, 1.165) is 29.8 Å². The Labute approximate surface area is 123 Å². The number of hydrazone groups is 1. The van der Waals surface area contributed by atoms with E-state index >= 15 is 0 Å². The van der Waals surface area contributed by atoms with Crippen LogP contribution in [-0.4, -0.2) is 34.5 Å². The van der Waals surface area contributed by atoms with Crippen LogP contribution in [0.15, 0.2) is 17.2 Å². The van der Waals surface area contributed by atoms with Crippen LogP contribution in [0.3, 0.4) is 0 Å². The van der Waals surface area contributed by atoms with E-state index in [1.807, 2.05) is 18.0 Å². The predicted octanol–water partition coefficient (Wildman–Crippen LogP) is 2.99. The van der Waals surface area contributed by atoms with Crippen LogP contribution in [0, 0.1) is 19.4 Å². The molecule has 4 nitrogen and oxygen atoms in total. The van der Waals surface area contributed by atoms with Gasteiger partial charge in [0.15, 0.2) is 0 Å². The van der Waals surface area contributed by atoms with Crippen molar-refractivity contribution < 1.29 is 5.11 Å². The molecule has 5 heteroatoms. The minimum absolute atomic E-state index is 0.0729. The van der Waals surface area contributed by atoms with E-state index in [1.165, 1.54) is 0 Å². The molecule has 1 aromatic carbocycles. The van der Waals surface area contributed by atoms with Gasteiger partial charge >= 0.3 is 0 Å². The zero-order valence-electron chi connectivity index (χ0n) is 11.5. The van der Waals surface area contributed by atoms with Gasteiger partial charge in [-0.1, -0.05) is 30.7 Å². The Bertz CT molecular complexity index is 635. The van der Waals surface area contributed by atoms with Gasteiger partial charge in [-0.2, -0.15) is 5.10 Å². The fourth-order valence-corrected chi connectivity index (χ4v) is 3.42. The molecule has 0 aliphatic carbocycles. The van der Waals surface area contributed by atoms with Crippen LogP contribution in [0.4, 0.5) is 5.69 Å². The standard InChI is InChI=1S/C15H16ClN3O/c1-8-10(4-5-11(17-3)13(8)16)14-9(2)15-12(20)6-7-19(15)18-14/h4-5,9,12,15,20H,6-7H2,1-2H3/t9-,12-,15-/m1/s1. The van der Waals surface area contributed by atoms with Gasteiger partial charge in [0.1, 0.15) is 0 Å². The zero-order chi connectivity index (χ0) is 14.4. The molecule has 1 aromatic rings. The van der Waals surface area contributed by atoms with Crippen molar-refractivity contribution in [2.24, 2.45) is 11.0 Å². The van der Waals surface area contributed by atoms with Crippen LogP contribution in [0.25, 0.3) is 4.85 Å². The lowest BCUT2D eigenvalue weighted by molar-refractivity contribution is 0.113. The number of aliphatic hydroxyl groups is 1. The number of nitrogens with zero attached hydrogens (tertiary/aromatic N) is 3. The Kier molecular flexibility index (Phi) is 3.19. The Balaban J connectivity index is 2.03. The van der Waals surface area contributed by atoms with Crippen LogP contribution < -0.4 is 0 Å². The first-order valence-corrected chi connectivity index (χ1v) is 7.12. The highest BCUT2D eigenvalue weighted by Crippen LogP contribution is 2.37. The largest absolute Gasteiger partial charge is 0.391 e. The first-order chi connectivity index (χ1) is 9.54. The van der Waals surface area contributed by atoms with Crippen molar-refractivity contribution >= 4 is 23.0 Å². The maximum Gasteiger partial charge on any atom is 0.205 e. The summed E-state index contributed by atoms with van der Waals surface area (Å²) in [6.07, 6.45) is 0.465. The fourth-order valence-electron chi connectivity index (χ4n) is 3.22. The third-order valence-corrected chi connectivity index (χ3v) is 4.81. The Morgan fingerprint density at radius 3 is 2.90 bits per heavy atom. The van der Waals surface area contributed by atoms with Gasteiger partial charge in [-0.15, -0.1) is 0 Å². The lowest BCUT2D eigenvalue weighted by Crippen LogP contribution is -2.34. The van der Waals surface area contributed by atoms with E-state index in [-0.39, 0.29) is 18.1 Å². The number of hydrogen-bond donors (Lipinski definition) is 1. The van der Waals surface area contributed by atoms with Crippen LogP contribution in [0.1, 0.15) is 24.5 Å². The molecule has 3 rings (SSSR count). The molecular formula is C15H16ClN3O. The minimum atomic E-state index is -0.315. The van der Waals surface area contributed by atoms with Crippen molar-refractivity contribution in [3.63, 3.8) is 0 Å². The average molecular weight is 290 g/mol. The second kappa shape index (κ2) is 4.76. The maximum absolute atomic E-state index is 10.1. The summed E-state index contributed by atoms with van der Waals surface area (Å²) >= 11 is 6.24. The van der Waals surface area contributed by atoms with Crippen molar-refractivity contribution in [2.75, 3.05) is 6.54 Å². The van der Waals surface area contributed by atoms with E-state index < -0.39 is 0 Å². The summed E-state index contributed by atoms with van der Waals surface area (Å²) in [5.41, 5.74) is 3.31. The van der Waals surface area contributed by atoms with Gasteiger partial charge in [0.25, 0.3) is 0 Å². The molecule has 20 heavy (non-hydrogen) atoms. The highest BCUT2D eigenvalue weighted by molar-refractivity contribution is 6.34. The topological polar surface area (TPSA) is 40.2 Å². The summed E-state index contributed by atoms with van der Waals surface area (Å²) in [7, 11) is 0. The van der Waals surface area contributed by atoms with Crippen molar-refractivity contribution in [3.8, 4) is 0 Å². The molecule has 0 aromatic heterocycles. The number of benzene rings is 1. The van der Waals surface area contributed by atoms with Gasteiger partial charge in [0.05, 0.1) is 29.5 Å². The number of aliphatic hydroxyl groups excluding tert-OH is 1. The molecule has 0 saturated carbocycles. The monoisotopic (exact) mass is 289 g/mol. The lowest BCUT2D eigenvalue weighted by atomic mass is 9.89. The van der Waals surface area contributed by atoms with Crippen molar-refractivity contribution in [2.45, 2.75) is 32.4 Å². The quantitative estimate of drug-likeness (QED) is 0.808. The zero-order valence-corrected chi connectivity index (χ0v) is 12.2. The molecule has 0 spiro atoms. The smallest absolute Gasteiger partial charge is 0.205 e. The molecule has 1 fully saturated rings. The predicted molar refractivity (Wildman–Crippen MR) is 79.3 cm³/mol. The third-order valence-electron chi connectivity index (χ3n) is 4.33. The van der Waals surface area contributed by atoms with Gasteiger partial charge in [-0.05, 0) is 24.5 Å². The number of halogens is 1. The van der Waals surface area contributed by atoms with E-state index in [1.54, 1.807) is 6.07 Å². The lowest BCUT2D eigenvalue weighted by Gasteiger charge is -2.21. The second-order valence-electron chi connectivity index (χ2n) is 5.47. The first kappa shape index (κ1) is 13.4. The van der Waals surface area contributed by atoms with Gasteiger partial charge in [0.2, 0.25) is 5.69 Å². The molecule has 0 radical (unpaired) electrons. The van der Waals surface area contributed by atoms with E-state index in [4.69, 9.17) is 18.2 Å². The molecule has 3 atom stereocenters. The number of rotatable bonds is 1. The van der Waals surface area contributed by atoms with E-state index in [9.17, 15) is 5.11 Å². The summed E-state index contributed by atoms with van der Waals surface area (Å²) < 4.78 is 0. The Morgan fingerprint density at radius 2 is 2.25 bits per heavy atom. The maximum atomic E-state index is 10.1. The number of fused-ring (bicyclic) bond motifs is 1. The molecule has 1 N–H and O–H groups in total. The summed E-state index contributed by atoms with van der Waals surface area (Å²) in [4.78, 5) is 3.41. The summed E-state index contributed by atoms with van der Waals surface area (Å²) in [5, 5.41) is 17.2. The van der Waals surface area contributed by atoms with Crippen LogP contribution in [-0.2, 0) is 0 Å². The third kappa shape index (κ3) is 1.81. The SMILES string of the molecule is [C-]#[N+]c1ccc(C2=NN3CC[C@@H](O)[C@H]3[C@@H]2C)c(C)c1Cl. The van der Waals surface area contributed by atoms with Gasteiger partial charge in [-0.3, -0.25) is 5.01 Å². The molecule has 0 unspecified atom stereocenters. The number of hydrogen-bond acceptors (Lipinski definition) is 3. The van der Waals surface area contributed by atoms with Gasteiger partial charge in [0, 0.05) is 12.5 Å². The Hall–Kier alpha value is -1.57. The van der Waals surface area contributed by atoms with Crippen LogP contribution in [0.5, 0.6) is 0 Å². The molecule has 0 bridgehead atoms. The van der Waals surface area contributed by atoms with Gasteiger partial charge in [-0.25, -0.2) is 4.85 Å². The molecule has 0 amide bonds. The van der Waals surface area contributed by atoms with Crippen molar-refractivity contribution in [3.05, 3.63) is 39.7 Å². The van der Waals surface area contributed by atoms with Crippen LogP contribution >= 0.6 is 11.6 Å². The first-order valence-electron chi connectivity index (χ1n) is 6.74. The second-order valence-corrected chi connectivity index (χ2v) is 5.84. The highest BCUT2D eigenvalue weighted by atomic mass is 35.5. The fraction of sp³-hybridized carbons (Fsp3) is 0.467. The van der Waals surface area contributed by atoms with Gasteiger partial charge < -0.3 is 5.11 Å². The van der Waals surface area contributed by atoms with E-state index in [0.29, 0.717) is 10.7 Å². The molecule has 2 aliphatic rings. The molecule has 1 saturated heterocycles. The van der Waals surface area contributed by atoms with Crippen molar-refractivity contribution in [1.82, 2.24) is 5.01 Å². The summed E-state index contributed by atoms with van der Waals surface area (Å²) in [5.74, 6) is 0.168. The molecule has 104 valence electrons. The molecule has 2 aliphatic heterocycles. The van der Waals surface area contributed by atoms with Crippen molar-refractivity contribution in [1.29, 1.82) is 0 Å². The Morgan fingerprint density at radius 1 is 1.50 bits per heavy atom. The summed E-state index contributed by atoms with van der Waals surface area (Å²) in [6.45, 7) is 11.9. The average Bonchev–Trinajstić information content (AvgIpc) is 2.95. The summed E-state index contributed by atoms with van der Waals surface area (Å²) in [6, 6.07) is 3.73. The highest BCUT2D eigenvalue weighted by Gasteiger charge is 2.43.